The number of aliphatic carboxylic acids is 1. The Hall–Kier alpha value is -9.07. The Morgan fingerprint density at radius 1 is 0.588 bits per heavy atom. The third-order valence-corrected chi connectivity index (χ3v) is 14.4. The molecule has 2 aliphatic rings. The molecule has 12 amide bonds. The maximum atomic E-state index is 14.4. The summed E-state index contributed by atoms with van der Waals surface area (Å²) in [5.41, 5.74) is 23.6. The molecule has 0 unspecified atom stereocenters. The fourth-order valence-electron chi connectivity index (χ4n) is 9.82. The van der Waals surface area contributed by atoms with Crippen LogP contribution in [0.2, 0.25) is 0 Å². The van der Waals surface area contributed by atoms with E-state index in [-0.39, 0.29) is 64.5 Å². The molecule has 5 rings (SSSR count). The summed E-state index contributed by atoms with van der Waals surface area (Å²) < 4.78 is 0. The Kier molecular flexibility index (Phi) is 24.8. The first kappa shape index (κ1) is 66.7. The number of aromatic amines is 1. The van der Waals surface area contributed by atoms with Crippen LogP contribution in [0, 0.1) is 0 Å². The van der Waals surface area contributed by atoms with Gasteiger partial charge in [-0.2, -0.15) is 0 Å². The minimum absolute atomic E-state index is 0.0397. The molecule has 2 aromatic carbocycles. The smallest absolute Gasteiger partial charge is 0.328 e. The summed E-state index contributed by atoms with van der Waals surface area (Å²) in [5.74, 6) is -13.2. The van der Waals surface area contributed by atoms with E-state index >= 15 is 0 Å². The Labute approximate surface area is 486 Å². The number of carboxylic acid groups (broad SMARTS) is 1. The van der Waals surface area contributed by atoms with Crippen LogP contribution in [0.5, 0.6) is 0 Å². The molecule has 11 atom stereocenters. The van der Waals surface area contributed by atoms with Crippen molar-refractivity contribution in [3.63, 3.8) is 0 Å². The highest BCUT2D eigenvalue weighted by molar-refractivity contribution is 6.00. The third-order valence-electron chi connectivity index (χ3n) is 14.4. The molecule has 85 heavy (non-hydrogen) atoms. The number of nitrogens with zero attached hydrogens (tertiary/aromatic N) is 2. The number of primary amides is 3. The predicted octanol–water partition coefficient (Wildman–Crippen LogP) is -6.49. The van der Waals surface area contributed by atoms with Gasteiger partial charge in [0.1, 0.15) is 48.3 Å². The normalized spacial score (nSPS) is 17.9. The highest BCUT2D eigenvalue weighted by Gasteiger charge is 2.45. The van der Waals surface area contributed by atoms with E-state index in [9.17, 15) is 82.8 Å². The second kappa shape index (κ2) is 31.6. The quantitative estimate of drug-likeness (QED) is 0.0276. The van der Waals surface area contributed by atoms with Gasteiger partial charge in [-0.25, -0.2) is 4.79 Å². The summed E-state index contributed by atoms with van der Waals surface area (Å²) >= 11 is 0. The van der Waals surface area contributed by atoms with Gasteiger partial charge in [-0.3, -0.25) is 57.5 Å². The third kappa shape index (κ3) is 19.0. The van der Waals surface area contributed by atoms with Gasteiger partial charge < -0.3 is 95.4 Å². The summed E-state index contributed by atoms with van der Waals surface area (Å²) in [6.45, 7) is -1.18. The second-order valence-corrected chi connectivity index (χ2v) is 20.7. The lowest BCUT2D eigenvalue weighted by Gasteiger charge is -2.33. The highest BCUT2D eigenvalue weighted by atomic mass is 16.4. The van der Waals surface area contributed by atoms with Gasteiger partial charge >= 0.3 is 5.97 Å². The van der Waals surface area contributed by atoms with Crippen molar-refractivity contribution in [3.8, 4) is 0 Å². The maximum Gasteiger partial charge on any atom is 0.328 e. The molecule has 1 aromatic heterocycles. The molecule has 2 aliphatic heterocycles. The summed E-state index contributed by atoms with van der Waals surface area (Å²) in [4.78, 5) is 178. The van der Waals surface area contributed by atoms with E-state index in [4.69, 9.17) is 22.9 Å². The van der Waals surface area contributed by atoms with Gasteiger partial charge in [0.2, 0.25) is 70.9 Å². The summed E-state index contributed by atoms with van der Waals surface area (Å²) in [6, 6.07) is -0.320. The van der Waals surface area contributed by atoms with E-state index in [0.717, 1.165) is 11.8 Å². The van der Waals surface area contributed by atoms with Gasteiger partial charge in [-0.15, -0.1) is 0 Å². The fourth-order valence-corrected chi connectivity index (χ4v) is 9.82. The van der Waals surface area contributed by atoms with E-state index in [1.807, 2.05) is 0 Å². The number of likely N-dealkylation sites (tertiary alicyclic amines) is 2. The Morgan fingerprint density at radius 3 is 1.68 bits per heavy atom. The molecular formula is C54H74N14O17. The average Bonchev–Trinajstić information content (AvgIpc) is 3.96. The number of aromatic nitrogens is 1. The first-order chi connectivity index (χ1) is 40.3. The lowest BCUT2D eigenvalue weighted by Crippen LogP contribution is -2.62. The number of rotatable bonds is 32. The molecule has 0 saturated carbocycles. The van der Waals surface area contributed by atoms with Crippen molar-refractivity contribution in [2.24, 2.45) is 22.9 Å². The van der Waals surface area contributed by atoms with Crippen molar-refractivity contribution in [1.29, 1.82) is 0 Å². The zero-order chi connectivity index (χ0) is 62.7. The van der Waals surface area contributed by atoms with Crippen LogP contribution >= 0.6 is 0 Å². The number of hydrogen-bond donors (Lipinski definition) is 16. The fraction of sp³-hybridized carbons (Fsp3) is 0.500. The minimum Gasteiger partial charge on any atom is -0.480 e. The average molecular weight is 1190 g/mol. The molecule has 31 heteroatoms. The number of nitrogens with one attached hydrogen (secondary N) is 8. The van der Waals surface area contributed by atoms with E-state index in [2.05, 4.69) is 42.2 Å². The van der Waals surface area contributed by atoms with Crippen molar-refractivity contribution in [2.75, 3.05) is 26.3 Å². The molecule has 2 fully saturated rings. The van der Waals surface area contributed by atoms with Crippen molar-refractivity contribution in [2.45, 2.75) is 144 Å². The summed E-state index contributed by atoms with van der Waals surface area (Å²) in [5, 5.41) is 57.5. The number of carboxylic acids is 1. The highest BCUT2D eigenvalue weighted by Crippen LogP contribution is 2.27. The molecule has 0 bridgehead atoms. The standard InChI is InChI=1S/C54H74N14O17/c1-27(71)44(54(84)85)66-48(78)34(21-28-9-3-2-4-10-28)62-51(81)39-13-7-19-67(39)53(83)40-14-8-20-68(40)52(82)36(23-43(58)74)63-49(79)37(25-69)65-50(80)38(26-70)64-47(77)35(22-29-24-59-32-12-6-5-11-30(29)32)61-46(76)33(16-18-42(57)73)60-45(75)31(55)15-17-41(56)72/h2-6,9-12,24,27,31,33-40,44,59,69-71H,7-8,13-23,25-26,55H2,1H3,(H2,56,72)(H2,57,73)(H2,58,74)(H,60,75)(H,61,76)(H,62,81)(H,63,79)(H,64,77)(H,65,80)(H,66,78)(H,84,85)/t27-,31+,33+,34+,35+,36+,37+,38+,39+,40+,44+/m1/s1. The number of H-pyrrole nitrogens is 1. The number of nitrogens with two attached hydrogens (primary N) is 4. The van der Waals surface area contributed by atoms with E-state index in [1.165, 1.54) is 4.90 Å². The van der Waals surface area contributed by atoms with Crippen LogP contribution in [0.25, 0.3) is 10.9 Å². The molecule has 31 nitrogen and oxygen atoms in total. The van der Waals surface area contributed by atoms with Crippen LogP contribution in [0.15, 0.2) is 60.8 Å². The lowest BCUT2D eigenvalue weighted by molar-refractivity contribution is -0.149. The molecule has 0 radical (unpaired) electrons. The second-order valence-electron chi connectivity index (χ2n) is 20.7. The van der Waals surface area contributed by atoms with E-state index in [1.54, 1.807) is 60.8 Å². The number of benzene rings is 2. The molecular weight excluding hydrogens is 1120 g/mol. The van der Waals surface area contributed by atoms with Crippen molar-refractivity contribution < 1.29 is 82.8 Å². The van der Waals surface area contributed by atoms with Gasteiger partial charge in [0.15, 0.2) is 6.04 Å². The van der Waals surface area contributed by atoms with Crippen LogP contribution < -0.4 is 60.2 Å². The number of aliphatic hydroxyl groups is 3. The van der Waals surface area contributed by atoms with Crippen LogP contribution in [-0.2, 0) is 75.2 Å². The van der Waals surface area contributed by atoms with Gasteiger partial charge in [0, 0.05) is 55.9 Å². The van der Waals surface area contributed by atoms with E-state index < -0.39 is 169 Å². The SMILES string of the molecule is C[C@@H](O)[C@H](NC(=O)[C@H](Cc1ccccc1)NC(=O)[C@@H]1CCCN1C(=O)[C@@H]1CCCN1C(=O)[C@H](CC(N)=O)NC(=O)[C@H](CO)NC(=O)[C@H](CO)NC(=O)[C@H](Cc1c[nH]c2ccccc12)NC(=O)[C@H](CCC(N)=O)NC(=O)[C@@H](N)CCC(N)=O)C(=O)O. The topological polar surface area (TPSA) is 513 Å². The predicted molar refractivity (Wildman–Crippen MR) is 297 cm³/mol. The Morgan fingerprint density at radius 2 is 1.09 bits per heavy atom. The van der Waals surface area contributed by atoms with Crippen LogP contribution in [0.4, 0.5) is 0 Å². The molecule has 0 aliphatic carbocycles. The molecule has 20 N–H and O–H groups in total. The zero-order valence-corrected chi connectivity index (χ0v) is 46.5. The van der Waals surface area contributed by atoms with Gasteiger partial charge in [0.25, 0.3) is 0 Å². The lowest BCUT2D eigenvalue weighted by atomic mass is 10.0. The van der Waals surface area contributed by atoms with Crippen LogP contribution in [0.1, 0.15) is 75.8 Å². The van der Waals surface area contributed by atoms with Gasteiger partial charge in [0.05, 0.1) is 31.8 Å². The number of para-hydroxylation sites is 1. The van der Waals surface area contributed by atoms with Crippen LogP contribution in [-0.4, -0.2) is 205 Å². The van der Waals surface area contributed by atoms with Crippen molar-refractivity contribution in [3.05, 3.63) is 71.9 Å². The zero-order valence-electron chi connectivity index (χ0n) is 46.5. The molecule has 3 aromatic rings. The molecule has 462 valence electrons. The minimum atomic E-state index is -1.94. The van der Waals surface area contributed by atoms with Crippen LogP contribution in [0.3, 0.4) is 0 Å². The van der Waals surface area contributed by atoms with Crippen molar-refractivity contribution in [1.82, 2.24) is 52.0 Å². The Bertz CT molecular complexity index is 2940. The Balaban J connectivity index is 1.29. The largest absolute Gasteiger partial charge is 0.480 e. The van der Waals surface area contributed by atoms with Crippen molar-refractivity contribution >= 4 is 87.8 Å². The number of carbonyl (C=O) groups is 13. The van der Waals surface area contributed by atoms with Gasteiger partial charge in [-0.05, 0) is 62.6 Å². The maximum absolute atomic E-state index is 14.4. The number of fused-ring (bicyclic) bond motifs is 1. The van der Waals surface area contributed by atoms with Gasteiger partial charge in [-0.1, -0.05) is 48.5 Å². The summed E-state index contributed by atoms with van der Waals surface area (Å²) in [7, 11) is 0. The number of amides is 12. The first-order valence-corrected chi connectivity index (χ1v) is 27.4. The molecule has 3 heterocycles. The van der Waals surface area contributed by atoms with E-state index in [0.29, 0.717) is 28.5 Å². The monoisotopic (exact) mass is 1190 g/mol. The number of aliphatic hydroxyl groups excluding tert-OH is 3. The summed E-state index contributed by atoms with van der Waals surface area (Å²) in [6.07, 6.45) is -1.71. The first-order valence-electron chi connectivity index (χ1n) is 27.4. The number of carbonyl (C=O) groups excluding carboxylic acids is 12. The number of hydrogen-bond acceptors (Lipinski definition) is 17. The molecule has 2 saturated heterocycles. The molecule has 0 spiro atoms.